The number of ether oxygens (including phenoxy) is 1. The fourth-order valence-corrected chi connectivity index (χ4v) is 2.66. The zero-order valence-electron chi connectivity index (χ0n) is 13.6. The van der Waals surface area contributed by atoms with Gasteiger partial charge >= 0.3 is 0 Å². The summed E-state index contributed by atoms with van der Waals surface area (Å²) in [6, 6.07) is 1.76. The normalized spacial score (nSPS) is 15.4. The molecule has 0 unspecified atom stereocenters. The molecular weight excluding hydrogens is 322 g/mol. The van der Waals surface area contributed by atoms with Gasteiger partial charge in [0.25, 0.3) is 0 Å². The lowest BCUT2D eigenvalue weighted by Gasteiger charge is -2.26. The molecule has 0 bridgehead atoms. The van der Waals surface area contributed by atoms with E-state index in [2.05, 4.69) is 45.4 Å². The van der Waals surface area contributed by atoms with Gasteiger partial charge in [0.1, 0.15) is 24.0 Å². The molecule has 0 atom stereocenters. The molecule has 4 rings (SSSR count). The van der Waals surface area contributed by atoms with E-state index in [-0.39, 0.29) is 0 Å². The summed E-state index contributed by atoms with van der Waals surface area (Å²) in [7, 11) is 0. The minimum atomic E-state index is 0.561. The van der Waals surface area contributed by atoms with Crippen molar-refractivity contribution in [1.82, 2.24) is 34.8 Å². The van der Waals surface area contributed by atoms with Gasteiger partial charge < -0.3 is 20.4 Å². The quantitative estimate of drug-likeness (QED) is 0.593. The highest BCUT2D eigenvalue weighted by Crippen LogP contribution is 2.20. The molecule has 0 spiro atoms. The Bertz CT molecular complexity index is 816. The summed E-state index contributed by atoms with van der Waals surface area (Å²) in [4.78, 5) is 26.5. The fourth-order valence-electron chi connectivity index (χ4n) is 2.66. The summed E-state index contributed by atoms with van der Waals surface area (Å²) in [5, 5.41) is 6.45. The zero-order valence-corrected chi connectivity index (χ0v) is 13.6. The molecule has 1 aliphatic heterocycles. The van der Waals surface area contributed by atoms with Crippen molar-refractivity contribution in [2.75, 3.05) is 50.0 Å². The molecule has 0 amide bonds. The summed E-state index contributed by atoms with van der Waals surface area (Å²) in [5.41, 5.74) is 1.36. The first-order chi connectivity index (χ1) is 12.4. The molecule has 10 nitrogen and oxygen atoms in total. The molecular formula is C15H19N9O. The molecule has 1 aliphatic rings. The van der Waals surface area contributed by atoms with E-state index < -0.39 is 0 Å². The van der Waals surface area contributed by atoms with Crippen molar-refractivity contribution in [2.24, 2.45) is 0 Å². The van der Waals surface area contributed by atoms with Gasteiger partial charge in [-0.05, 0) is 6.07 Å². The van der Waals surface area contributed by atoms with Crippen LogP contribution in [0.2, 0.25) is 0 Å². The number of hydrogen-bond donors (Lipinski definition) is 3. The smallest absolute Gasteiger partial charge is 0.208 e. The first-order valence-electron chi connectivity index (χ1n) is 8.16. The second kappa shape index (κ2) is 7.36. The standard InChI is InChI=1S/C15H19N9O/c1-2-16-9-18-11(1)21-15-22-12-13(19-10-20-14(12)23-15)17-3-4-24-5-7-25-8-6-24/h1-2,9-10H,3-8H2,(H3,16,17,18,19,20,21,22,23). The molecule has 0 saturated carbocycles. The third kappa shape index (κ3) is 3.80. The Hall–Kier alpha value is -2.85. The van der Waals surface area contributed by atoms with Crippen LogP contribution >= 0.6 is 0 Å². The van der Waals surface area contributed by atoms with Crippen LogP contribution in [0.5, 0.6) is 0 Å². The molecule has 0 aliphatic carbocycles. The number of fused-ring (bicyclic) bond motifs is 1. The minimum Gasteiger partial charge on any atom is -0.379 e. The van der Waals surface area contributed by atoms with Crippen LogP contribution in [-0.2, 0) is 4.74 Å². The van der Waals surface area contributed by atoms with Crippen LogP contribution in [0, 0.1) is 0 Å². The third-order valence-electron chi connectivity index (χ3n) is 3.94. The Morgan fingerprint density at radius 1 is 1.16 bits per heavy atom. The lowest BCUT2D eigenvalue weighted by Crippen LogP contribution is -2.39. The van der Waals surface area contributed by atoms with Crippen LogP contribution < -0.4 is 10.6 Å². The Kier molecular flexibility index (Phi) is 4.61. The van der Waals surface area contributed by atoms with E-state index in [9.17, 15) is 0 Å². The molecule has 1 fully saturated rings. The second-order valence-electron chi connectivity index (χ2n) is 5.61. The van der Waals surface area contributed by atoms with Crippen LogP contribution in [0.3, 0.4) is 0 Å². The van der Waals surface area contributed by atoms with Crippen molar-refractivity contribution >= 4 is 28.7 Å². The van der Waals surface area contributed by atoms with E-state index in [4.69, 9.17) is 4.74 Å². The predicted molar refractivity (Wildman–Crippen MR) is 92.7 cm³/mol. The van der Waals surface area contributed by atoms with Crippen LogP contribution in [0.1, 0.15) is 0 Å². The van der Waals surface area contributed by atoms with Gasteiger partial charge in [0.15, 0.2) is 11.5 Å². The Balaban J connectivity index is 1.44. The second-order valence-corrected chi connectivity index (χ2v) is 5.61. The van der Waals surface area contributed by atoms with Gasteiger partial charge in [-0.1, -0.05) is 0 Å². The van der Waals surface area contributed by atoms with E-state index in [1.54, 1.807) is 12.3 Å². The van der Waals surface area contributed by atoms with Gasteiger partial charge in [-0.15, -0.1) is 0 Å². The molecule has 0 radical (unpaired) electrons. The number of nitrogens with zero attached hydrogens (tertiary/aromatic N) is 6. The van der Waals surface area contributed by atoms with Gasteiger partial charge in [0, 0.05) is 32.4 Å². The SMILES string of the molecule is c1cc(Nc2nc3ncnc(NCCN4CCOCC4)c3[nH]2)ncn1. The average molecular weight is 341 g/mol. The number of morpholine rings is 1. The van der Waals surface area contributed by atoms with E-state index in [1.165, 1.54) is 12.7 Å². The van der Waals surface area contributed by atoms with Gasteiger partial charge in [0.05, 0.1) is 13.2 Å². The molecule has 3 aromatic rings. The Morgan fingerprint density at radius 2 is 2.08 bits per heavy atom. The van der Waals surface area contributed by atoms with Gasteiger partial charge in [-0.3, -0.25) is 4.90 Å². The van der Waals surface area contributed by atoms with Crippen molar-refractivity contribution in [1.29, 1.82) is 0 Å². The maximum atomic E-state index is 5.36. The van der Waals surface area contributed by atoms with Gasteiger partial charge in [-0.2, -0.15) is 4.98 Å². The molecule has 130 valence electrons. The summed E-state index contributed by atoms with van der Waals surface area (Å²) in [6.07, 6.45) is 4.65. The first kappa shape index (κ1) is 15.7. The zero-order chi connectivity index (χ0) is 16.9. The molecule has 4 heterocycles. The van der Waals surface area contributed by atoms with Crippen molar-refractivity contribution < 1.29 is 4.74 Å². The molecule has 25 heavy (non-hydrogen) atoms. The number of imidazole rings is 1. The minimum absolute atomic E-state index is 0.561. The summed E-state index contributed by atoms with van der Waals surface area (Å²) < 4.78 is 5.36. The predicted octanol–water partition coefficient (Wildman–Crippen LogP) is 0.631. The third-order valence-corrected chi connectivity index (χ3v) is 3.94. The molecule has 3 aromatic heterocycles. The lowest BCUT2D eigenvalue weighted by molar-refractivity contribution is 0.0398. The van der Waals surface area contributed by atoms with Gasteiger partial charge in [0.2, 0.25) is 5.95 Å². The number of aromatic nitrogens is 6. The maximum absolute atomic E-state index is 5.36. The van der Waals surface area contributed by atoms with Gasteiger partial charge in [-0.25, -0.2) is 19.9 Å². The van der Waals surface area contributed by atoms with Crippen LogP contribution in [0.4, 0.5) is 17.6 Å². The Morgan fingerprint density at radius 3 is 2.92 bits per heavy atom. The number of H-pyrrole nitrogens is 1. The molecule has 3 N–H and O–H groups in total. The van der Waals surface area contributed by atoms with Crippen molar-refractivity contribution in [3.8, 4) is 0 Å². The number of anilines is 3. The highest BCUT2D eigenvalue weighted by atomic mass is 16.5. The van der Waals surface area contributed by atoms with Crippen molar-refractivity contribution in [3.63, 3.8) is 0 Å². The topological polar surface area (TPSA) is 117 Å². The van der Waals surface area contributed by atoms with Crippen LogP contribution in [0.25, 0.3) is 11.2 Å². The van der Waals surface area contributed by atoms with Crippen LogP contribution in [0.15, 0.2) is 24.9 Å². The highest BCUT2D eigenvalue weighted by Gasteiger charge is 2.12. The number of hydrogen-bond acceptors (Lipinski definition) is 9. The highest BCUT2D eigenvalue weighted by molar-refractivity contribution is 5.84. The van der Waals surface area contributed by atoms with E-state index in [1.807, 2.05) is 0 Å². The first-order valence-corrected chi connectivity index (χ1v) is 8.16. The summed E-state index contributed by atoms with van der Waals surface area (Å²) in [6.45, 7) is 5.28. The van der Waals surface area contributed by atoms with E-state index in [0.29, 0.717) is 17.4 Å². The summed E-state index contributed by atoms with van der Waals surface area (Å²) in [5.74, 6) is 1.95. The molecule has 0 aromatic carbocycles. The maximum Gasteiger partial charge on any atom is 0.208 e. The fraction of sp³-hybridized carbons (Fsp3) is 0.400. The summed E-state index contributed by atoms with van der Waals surface area (Å²) >= 11 is 0. The number of aromatic amines is 1. The van der Waals surface area contributed by atoms with Crippen molar-refractivity contribution in [3.05, 3.63) is 24.9 Å². The lowest BCUT2D eigenvalue weighted by atomic mass is 10.4. The average Bonchev–Trinajstić information content (AvgIpc) is 3.07. The largest absolute Gasteiger partial charge is 0.379 e. The molecule has 10 heteroatoms. The molecule has 1 saturated heterocycles. The van der Waals surface area contributed by atoms with Crippen molar-refractivity contribution in [2.45, 2.75) is 0 Å². The van der Waals surface area contributed by atoms with Crippen LogP contribution in [-0.4, -0.2) is 74.2 Å². The van der Waals surface area contributed by atoms with E-state index >= 15 is 0 Å². The number of nitrogens with one attached hydrogen (secondary N) is 3. The monoisotopic (exact) mass is 341 g/mol. The Labute approximate surface area is 144 Å². The number of rotatable bonds is 6. The van der Waals surface area contributed by atoms with E-state index in [0.717, 1.165) is 50.7 Å².